The molecule has 2 heterocycles. The molecule has 0 unspecified atom stereocenters. The molecule has 1 aromatic heterocycles. The van der Waals surface area contributed by atoms with Crippen LogP contribution in [0.2, 0.25) is 5.02 Å². The molecule has 0 bridgehead atoms. The first-order valence-corrected chi connectivity index (χ1v) is 10.8. The van der Waals surface area contributed by atoms with Crippen LogP contribution in [0.25, 0.3) is 10.9 Å². The van der Waals surface area contributed by atoms with Crippen LogP contribution in [0, 0.1) is 13.8 Å². The fourth-order valence-electron chi connectivity index (χ4n) is 3.76. The molecule has 1 aliphatic rings. The number of aryl methyl sites for hydroxylation is 2. The Morgan fingerprint density at radius 2 is 1.78 bits per heavy atom. The van der Waals surface area contributed by atoms with Crippen LogP contribution in [0.5, 0.6) is 0 Å². The van der Waals surface area contributed by atoms with E-state index in [0.29, 0.717) is 15.4 Å². The standard InChI is InChI=1S/C20H22ClN3O2S/c1-14-3-6-19(15(2)13-14)27(25,26)24-10-7-16-18(24)5-4-17(21)20(16)23-11-8-22-9-12-23/h3-7,10,13,22H,8-9,11-12H2,1-2H3. The predicted molar refractivity (Wildman–Crippen MR) is 111 cm³/mol. The maximum Gasteiger partial charge on any atom is 0.268 e. The van der Waals surface area contributed by atoms with Crippen molar-refractivity contribution in [1.82, 2.24) is 9.29 Å². The fraction of sp³-hybridized carbons (Fsp3) is 0.300. The summed E-state index contributed by atoms with van der Waals surface area (Å²) in [5.41, 5.74) is 3.34. The second-order valence-electron chi connectivity index (χ2n) is 6.95. The monoisotopic (exact) mass is 403 g/mol. The Hall–Kier alpha value is -2.02. The number of nitrogens with zero attached hydrogens (tertiary/aromatic N) is 2. The zero-order valence-electron chi connectivity index (χ0n) is 15.4. The Bertz CT molecular complexity index is 1120. The van der Waals surface area contributed by atoms with Gasteiger partial charge in [-0.1, -0.05) is 29.3 Å². The smallest absolute Gasteiger partial charge is 0.268 e. The molecule has 0 radical (unpaired) electrons. The number of rotatable bonds is 3. The summed E-state index contributed by atoms with van der Waals surface area (Å²) < 4.78 is 28.0. The Morgan fingerprint density at radius 3 is 2.48 bits per heavy atom. The van der Waals surface area contributed by atoms with E-state index in [2.05, 4.69) is 10.2 Å². The lowest BCUT2D eigenvalue weighted by Gasteiger charge is -2.30. The van der Waals surface area contributed by atoms with Crippen LogP contribution < -0.4 is 10.2 Å². The Kier molecular flexibility index (Phi) is 4.66. The third-order valence-electron chi connectivity index (χ3n) is 5.06. The van der Waals surface area contributed by atoms with Gasteiger partial charge in [0.15, 0.2) is 0 Å². The number of benzene rings is 2. The molecule has 0 aliphatic carbocycles. The second-order valence-corrected chi connectivity index (χ2v) is 9.14. The summed E-state index contributed by atoms with van der Waals surface area (Å²) in [6.45, 7) is 7.23. The quantitative estimate of drug-likeness (QED) is 0.726. The van der Waals surface area contributed by atoms with Gasteiger partial charge in [-0.3, -0.25) is 0 Å². The molecule has 1 aliphatic heterocycles. The van der Waals surface area contributed by atoms with Crippen molar-refractivity contribution in [3.05, 3.63) is 58.7 Å². The second kappa shape index (κ2) is 6.86. The lowest BCUT2D eigenvalue weighted by molar-refractivity contribution is 0.588. The van der Waals surface area contributed by atoms with Gasteiger partial charge >= 0.3 is 0 Å². The number of anilines is 1. The largest absolute Gasteiger partial charge is 0.367 e. The molecular formula is C20H22ClN3O2S. The van der Waals surface area contributed by atoms with Crippen LogP contribution in [0.4, 0.5) is 5.69 Å². The first kappa shape index (κ1) is 18.3. The maximum absolute atomic E-state index is 13.3. The number of halogens is 1. The minimum Gasteiger partial charge on any atom is -0.367 e. The Labute approximate surface area is 164 Å². The minimum absolute atomic E-state index is 0.323. The van der Waals surface area contributed by atoms with E-state index in [0.717, 1.165) is 48.4 Å². The van der Waals surface area contributed by atoms with Crippen LogP contribution in [-0.4, -0.2) is 38.6 Å². The summed E-state index contributed by atoms with van der Waals surface area (Å²) >= 11 is 6.50. The third-order valence-corrected chi connectivity index (χ3v) is 7.21. The third kappa shape index (κ3) is 3.12. The van der Waals surface area contributed by atoms with Crippen LogP contribution >= 0.6 is 11.6 Å². The molecule has 0 atom stereocenters. The lowest BCUT2D eigenvalue weighted by Crippen LogP contribution is -2.43. The van der Waals surface area contributed by atoms with Gasteiger partial charge in [-0.2, -0.15) is 0 Å². The van der Waals surface area contributed by atoms with Crippen molar-refractivity contribution in [2.75, 3.05) is 31.1 Å². The number of fused-ring (bicyclic) bond motifs is 1. The highest BCUT2D eigenvalue weighted by Crippen LogP contribution is 2.36. The predicted octanol–water partition coefficient (Wildman–Crippen LogP) is 3.56. The van der Waals surface area contributed by atoms with Gasteiger partial charge in [-0.15, -0.1) is 0 Å². The Morgan fingerprint density at radius 1 is 1.04 bits per heavy atom. The summed E-state index contributed by atoms with van der Waals surface area (Å²) in [5.74, 6) is 0. The van der Waals surface area contributed by atoms with Gasteiger partial charge in [-0.25, -0.2) is 12.4 Å². The molecular weight excluding hydrogens is 382 g/mol. The Balaban J connectivity index is 1.88. The molecule has 0 amide bonds. The van der Waals surface area contributed by atoms with E-state index in [1.165, 1.54) is 3.97 Å². The molecule has 2 aromatic carbocycles. The van der Waals surface area contributed by atoms with Crippen LogP contribution in [0.1, 0.15) is 11.1 Å². The van der Waals surface area contributed by atoms with Crippen molar-refractivity contribution >= 4 is 38.2 Å². The summed E-state index contributed by atoms with van der Waals surface area (Å²) in [6.07, 6.45) is 1.63. The topological polar surface area (TPSA) is 54.3 Å². The SMILES string of the molecule is Cc1ccc(S(=O)(=O)n2ccc3c(N4CCNCC4)c(Cl)ccc32)c(C)c1. The maximum atomic E-state index is 13.3. The van der Waals surface area contributed by atoms with E-state index >= 15 is 0 Å². The van der Waals surface area contributed by atoms with Crippen molar-refractivity contribution in [3.8, 4) is 0 Å². The van der Waals surface area contributed by atoms with Crippen LogP contribution in [-0.2, 0) is 10.0 Å². The zero-order chi connectivity index (χ0) is 19.2. The molecule has 3 aromatic rings. The molecule has 5 nitrogen and oxygen atoms in total. The van der Waals surface area contributed by atoms with Crippen molar-refractivity contribution in [1.29, 1.82) is 0 Å². The van der Waals surface area contributed by atoms with Crippen molar-refractivity contribution in [2.45, 2.75) is 18.7 Å². The molecule has 7 heteroatoms. The van der Waals surface area contributed by atoms with Gasteiger partial charge in [0.1, 0.15) is 0 Å². The van der Waals surface area contributed by atoms with E-state index in [1.54, 1.807) is 24.4 Å². The minimum atomic E-state index is -3.69. The highest BCUT2D eigenvalue weighted by atomic mass is 35.5. The van der Waals surface area contributed by atoms with Crippen molar-refractivity contribution in [3.63, 3.8) is 0 Å². The summed E-state index contributed by atoms with van der Waals surface area (Å²) in [7, 11) is -3.69. The van der Waals surface area contributed by atoms with E-state index in [4.69, 9.17) is 11.6 Å². The fourth-order valence-corrected chi connectivity index (χ4v) is 5.61. The first-order valence-electron chi connectivity index (χ1n) is 8.97. The van der Waals surface area contributed by atoms with Gasteiger partial charge in [0.2, 0.25) is 0 Å². The van der Waals surface area contributed by atoms with Gasteiger partial charge in [-0.05, 0) is 43.7 Å². The molecule has 4 rings (SSSR count). The van der Waals surface area contributed by atoms with E-state index in [-0.39, 0.29) is 0 Å². The van der Waals surface area contributed by atoms with E-state index in [1.807, 2.05) is 32.0 Å². The number of hydrogen-bond donors (Lipinski definition) is 1. The zero-order valence-corrected chi connectivity index (χ0v) is 16.9. The molecule has 0 saturated carbocycles. The van der Waals surface area contributed by atoms with Crippen molar-refractivity contribution in [2.24, 2.45) is 0 Å². The van der Waals surface area contributed by atoms with E-state index < -0.39 is 10.0 Å². The first-order chi connectivity index (χ1) is 12.9. The number of nitrogens with one attached hydrogen (secondary N) is 1. The number of hydrogen-bond acceptors (Lipinski definition) is 4. The van der Waals surface area contributed by atoms with Crippen LogP contribution in [0.15, 0.2) is 47.5 Å². The van der Waals surface area contributed by atoms with Crippen molar-refractivity contribution < 1.29 is 8.42 Å². The summed E-state index contributed by atoms with van der Waals surface area (Å²) in [4.78, 5) is 2.54. The molecule has 142 valence electrons. The summed E-state index contributed by atoms with van der Waals surface area (Å²) in [6, 6.07) is 10.8. The van der Waals surface area contributed by atoms with Crippen LogP contribution in [0.3, 0.4) is 0 Å². The highest BCUT2D eigenvalue weighted by Gasteiger charge is 2.24. The average molecular weight is 404 g/mol. The molecule has 1 saturated heterocycles. The van der Waals surface area contributed by atoms with E-state index in [9.17, 15) is 8.42 Å². The molecule has 1 fully saturated rings. The van der Waals surface area contributed by atoms with Gasteiger partial charge in [0.05, 0.1) is 21.1 Å². The summed E-state index contributed by atoms with van der Waals surface area (Å²) in [5, 5.41) is 4.83. The van der Waals surface area contributed by atoms with Gasteiger partial charge in [0, 0.05) is 37.8 Å². The number of piperazine rings is 1. The normalized spacial score (nSPS) is 15.4. The molecule has 1 N–H and O–H groups in total. The molecule has 0 spiro atoms. The highest BCUT2D eigenvalue weighted by molar-refractivity contribution is 7.90. The van der Waals surface area contributed by atoms with Gasteiger partial charge in [0.25, 0.3) is 10.0 Å². The average Bonchev–Trinajstić information content (AvgIpc) is 3.06. The number of aromatic nitrogens is 1. The molecule has 27 heavy (non-hydrogen) atoms. The lowest BCUT2D eigenvalue weighted by atomic mass is 10.2. The van der Waals surface area contributed by atoms with Gasteiger partial charge < -0.3 is 10.2 Å².